The van der Waals surface area contributed by atoms with Gasteiger partial charge in [0.2, 0.25) is 5.91 Å². The highest BCUT2D eigenvalue weighted by Gasteiger charge is 2.33. The molecule has 48 heavy (non-hydrogen) atoms. The number of aromatic nitrogens is 3. The second-order valence-corrected chi connectivity index (χ2v) is 11.9. The Hall–Kier alpha value is -5.32. The predicted octanol–water partition coefficient (Wildman–Crippen LogP) is 5.43. The fraction of sp³-hybridized carbons (Fsp3) is 0.263. The van der Waals surface area contributed by atoms with E-state index in [1.54, 1.807) is 0 Å². The average Bonchev–Trinajstić information content (AvgIpc) is 3.61. The zero-order chi connectivity index (χ0) is 33.1. The molecule has 1 fully saturated rings. The first-order chi connectivity index (χ1) is 23.6. The highest BCUT2D eigenvalue weighted by Crippen LogP contribution is 2.30. The van der Waals surface area contributed by atoms with Crippen molar-refractivity contribution < 1.29 is 19.1 Å². The lowest BCUT2D eigenvalue weighted by Crippen LogP contribution is -2.48. The van der Waals surface area contributed by atoms with E-state index < -0.39 is 18.1 Å². The molecule has 10 nitrogen and oxygen atoms in total. The van der Waals surface area contributed by atoms with Gasteiger partial charge in [-0.3, -0.25) is 9.48 Å². The third-order valence-corrected chi connectivity index (χ3v) is 8.59. The van der Waals surface area contributed by atoms with E-state index in [2.05, 4.69) is 26.3 Å². The van der Waals surface area contributed by atoms with Gasteiger partial charge in [0.25, 0.3) is 0 Å². The Labute approximate surface area is 280 Å². The molecule has 0 spiro atoms. The van der Waals surface area contributed by atoms with Crippen LogP contribution < -0.4 is 16.0 Å². The van der Waals surface area contributed by atoms with Crippen LogP contribution in [0, 0.1) is 0 Å². The topological polar surface area (TPSA) is 119 Å². The number of alkyl carbamates (subject to hydrolysis) is 1. The molecule has 2 heterocycles. The SMILES string of the molecule is COC(=O)N[C@H](C(=O)Nc1ccccc1CC[C@@H]1CN[C@H](Cn2cc(-c3ccccc3)nn2)CO1)C(c1ccccc1)c1ccccc1. The fourth-order valence-electron chi connectivity index (χ4n) is 6.10. The number of rotatable bonds is 12. The van der Waals surface area contributed by atoms with Crippen molar-refractivity contribution in [3.63, 3.8) is 0 Å². The van der Waals surface area contributed by atoms with Crippen molar-refractivity contribution in [2.24, 2.45) is 0 Å². The van der Waals surface area contributed by atoms with Crippen molar-refractivity contribution in [3.8, 4) is 11.3 Å². The summed E-state index contributed by atoms with van der Waals surface area (Å²) in [5.74, 6) is -0.789. The van der Waals surface area contributed by atoms with Crippen LogP contribution in [0.15, 0.2) is 121 Å². The molecular formula is C38H40N6O4. The van der Waals surface area contributed by atoms with Gasteiger partial charge in [0.05, 0.1) is 38.6 Å². The third-order valence-electron chi connectivity index (χ3n) is 8.59. The number of carbonyl (C=O) groups is 2. The predicted molar refractivity (Wildman–Crippen MR) is 184 cm³/mol. The Balaban J connectivity index is 1.09. The van der Waals surface area contributed by atoms with Crippen LogP contribution in [0.5, 0.6) is 0 Å². The number of nitrogens with one attached hydrogen (secondary N) is 3. The van der Waals surface area contributed by atoms with E-state index in [0.29, 0.717) is 31.8 Å². The molecule has 5 aromatic rings. The van der Waals surface area contributed by atoms with Crippen LogP contribution in [0.4, 0.5) is 10.5 Å². The lowest BCUT2D eigenvalue weighted by atomic mass is 9.84. The first-order valence-electron chi connectivity index (χ1n) is 16.2. The minimum atomic E-state index is -0.938. The molecule has 1 saturated heterocycles. The summed E-state index contributed by atoms with van der Waals surface area (Å²) in [4.78, 5) is 26.6. The number of hydrogen-bond donors (Lipinski definition) is 3. The van der Waals surface area contributed by atoms with Crippen LogP contribution >= 0.6 is 0 Å². The minimum Gasteiger partial charge on any atom is -0.453 e. The summed E-state index contributed by atoms with van der Waals surface area (Å²) >= 11 is 0. The first kappa shape index (κ1) is 32.6. The maximum absolute atomic E-state index is 14.1. The Morgan fingerprint density at radius 3 is 2.21 bits per heavy atom. The van der Waals surface area contributed by atoms with Crippen molar-refractivity contribution in [1.29, 1.82) is 0 Å². The standard InChI is InChI=1S/C38H40N6O4/c1-47-38(46)41-36(35(29-16-7-3-8-17-29)30-18-9-4-10-19-30)37(45)40-33-20-12-11-15-28(33)21-22-32-23-39-31(26-48-32)24-44-25-34(42-43-44)27-13-5-2-6-14-27/h2-20,25,31-32,35-36,39H,21-24,26H2,1H3,(H,40,45)(H,41,46)/t31-,32-,36+/m1/s1. The van der Waals surface area contributed by atoms with Gasteiger partial charge in [-0.25, -0.2) is 4.79 Å². The van der Waals surface area contributed by atoms with Crippen molar-refractivity contribution in [2.75, 3.05) is 25.6 Å². The number of amides is 2. The molecule has 1 aromatic heterocycles. The number of ether oxygens (including phenoxy) is 2. The molecular weight excluding hydrogens is 604 g/mol. The Morgan fingerprint density at radius 1 is 0.917 bits per heavy atom. The van der Waals surface area contributed by atoms with Crippen molar-refractivity contribution in [2.45, 2.75) is 43.5 Å². The third kappa shape index (κ3) is 8.33. The highest BCUT2D eigenvalue weighted by atomic mass is 16.5. The summed E-state index contributed by atoms with van der Waals surface area (Å²) < 4.78 is 13.0. The molecule has 3 atom stereocenters. The quantitative estimate of drug-likeness (QED) is 0.166. The minimum absolute atomic E-state index is 0.0231. The summed E-state index contributed by atoms with van der Waals surface area (Å²) in [6.45, 7) is 1.93. The number of methoxy groups -OCH3 is 1. The number of morpholine rings is 1. The number of carbonyl (C=O) groups excluding carboxylic acids is 2. The van der Waals surface area contributed by atoms with Gasteiger partial charge in [-0.05, 0) is 35.6 Å². The number of benzene rings is 4. The Kier molecular flexibility index (Phi) is 10.9. The maximum Gasteiger partial charge on any atom is 0.407 e. The number of para-hydroxylation sites is 1. The summed E-state index contributed by atoms with van der Waals surface area (Å²) in [5.41, 5.74) is 5.36. The molecule has 0 saturated carbocycles. The van der Waals surface area contributed by atoms with Gasteiger partial charge in [-0.15, -0.1) is 5.10 Å². The van der Waals surface area contributed by atoms with E-state index in [4.69, 9.17) is 9.47 Å². The zero-order valence-electron chi connectivity index (χ0n) is 26.9. The molecule has 0 bridgehead atoms. The monoisotopic (exact) mass is 644 g/mol. The molecule has 2 amide bonds. The van der Waals surface area contributed by atoms with Crippen LogP contribution in [0.2, 0.25) is 0 Å². The molecule has 1 aliphatic heterocycles. The molecule has 10 heteroatoms. The van der Waals surface area contributed by atoms with E-state index >= 15 is 0 Å². The second kappa shape index (κ2) is 16.0. The van der Waals surface area contributed by atoms with Crippen molar-refractivity contribution >= 4 is 17.7 Å². The molecule has 1 aliphatic rings. The van der Waals surface area contributed by atoms with Gasteiger partial charge in [-0.1, -0.05) is 114 Å². The van der Waals surface area contributed by atoms with Crippen LogP contribution in [0.1, 0.15) is 29.0 Å². The number of aryl methyl sites for hydroxylation is 1. The lowest BCUT2D eigenvalue weighted by molar-refractivity contribution is -0.118. The summed E-state index contributed by atoms with van der Waals surface area (Å²) in [7, 11) is 1.29. The maximum atomic E-state index is 14.1. The highest BCUT2D eigenvalue weighted by molar-refractivity contribution is 5.98. The molecule has 0 unspecified atom stereocenters. The Morgan fingerprint density at radius 2 is 1.56 bits per heavy atom. The zero-order valence-corrected chi connectivity index (χ0v) is 26.9. The Bertz CT molecular complexity index is 1720. The van der Waals surface area contributed by atoms with E-state index in [1.165, 1.54) is 7.11 Å². The number of anilines is 1. The van der Waals surface area contributed by atoms with Gasteiger partial charge < -0.3 is 25.4 Å². The van der Waals surface area contributed by atoms with Gasteiger partial charge in [-0.2, -0.15) is 0 Å². The summed E-state index contributed by atoms with van der Waals surface area (Å²) in [6.07, 6.45) is 2.78. The van der Waals surface area contributed by atoms with Gasteiger partial charge >= 0.3 is 6.09 Å². The van der Waals surface area contributed by atoms with E-state index in [-0.39, 0.29) is 18.1 Å². The molecule has 4 aromatic carbocycles. The normalized spacial score (nSPS) is 16.6. The molecule has 6 rings (SSSR count). The molecule has 246 valence electrons. The molecule has 0 aliphatic carbocycles. The van der Waals surface area contributed by atoms with Crippen LogP contribution in [0.3, 0.4) is 0 Å². The lowest BCUT2D eigenvalue weighted by Gasteiger charge is -2.30. The smallest absolute Gasteiger partial charge is 0.407 e. The van der Waals surface area contributed by atoms with E-state index in [0.717, 1.165) is 34.4 Å². The largest absolute Gasteiger partial charge is 0.453 e. The fourth-order valence-corrected chi connectivity index (χ4v) is 6.10. The van der Waals surface area contributed by atoms with Crippen LogP contribution in [-0.2, 0) is 27.2 Å². The van der Waals surface area contributed by atoms with Crippen LogP contribution in [0.25, 0.3) is 11.3 Å². The van der Waals surface area contributed by atoms with Gasteiger partial charge in [0.15, 0.2) is 0 Å². The van der Waals surface area contributed by atoms with Crippen molar-refractivity contribution in [1.82, 2.24) is 25.6 Å². The molecule has 3 N–H and O–H groups in total. The molecule has 0 radical (unpaired) electrons. The average molecular weight is 645 g/mol. The van der Waals surface area contributed by atoms with Gasteiger partial charge in [0, 0.05) is 23.7 Å². The summed E-state index contributed by atoms with van der Waals surface area (Å²) in [6, 6.07) is 36.3. The first-order valence-corrected chi connectivity index (χ1v) is 16.2. The second-order valence-electron chi connectivity index (χ2n) is 11.9. The number of nitrogens with zero attached hydrogens (tertiary/aromatic N) is 3. The summed E-state index contributed by atoms with van der Waals surface area (Å²) in [5, 5.41) is 18.1. The van der Waals surface area contributed by atoms with E-state index in [1.807, 2.05) is 126 Å². The van der Waals surface area contributed by atoms with E-state index in [9.17, 15) is 9.59 Å². The van der Waals surface area contributed by atoms with Crippen molar-refractivity contribution in [3.05, 3.63) is 138 Å². The van der Waals surface area contributed by atoms with Crippen LogP contribution in [-0.4, -0.2) is 65.4 Å². The number of hydrogen-bond acceptors (Lipinski definition) is 7. The van der Waals surface area contributed by atoms with Gasteiger partial charge in [0.1, 0.15) is 11.7 Å².